The van der Waals surface area contributed by atoms with Crippen molar-refractivity contribution in [1.82, 2.24) is 4.90 Å². The highest BCUT2D eigenvalue weighted by Crippen LogP contribution is 2.21. The lowest BCUT2D eigenvalue weighted by Crippen LogP contribution is -2.24. The van der Waals surface area contributed by atoms with Gasteiger partial charge < -0.3 is 9.84 Å². The van der Waals surface area contributed by atoms with E-state index in [1.165, 1.54) is 5.56 Å². The van der Waals surface area contributed by atoms with Crippen LogP contribution in [-0.2, 0) is 13.2 Å². The van der Waals surface area contributed by atoms with Crippen LogP contribution in [-0.4, -0.2) is 23.6 Å². The minimum atomic E-state index is -0.552. The van der Waals surface area contributed by atoms with Crippen molar-refractivity contribution >= 4 is 0 Å². The highest BCUT2D eigenvalue weighted by atomic mass is 16.5. The van der Waals surface area contributed by atoms with E-state index in [1.807, 2.05) is 79.8 Å². The largest absolute Gasteiger partial charge is 0.489 e. The molecule has 0 aromatic heterocycles. The molecule has 3 rings (SSSR count). The third kappa shape index (κ3) is 5.45. The first-order chi connectivity index (χ1) is 12.7. The van der Waals surface area contributed by atoms with Crippen molar-refractivity contribution in [2.45, 2.75) is 19.3 Å². The Hall–Kier alpha value is -2.62. The van der Waals surface area contributed by atoms with Crippen LogP contribution in [0.3, 0.4) is 0 Å². The van der Waals surface area contributed by atoms with Crippen LogP contribution in [0.1, 0.15) is 22.8 Å². The molecule has 1 atom stereocenters. The Kier molecular flexibility index (Phi) is 6.42. The van der Waals surface area contributed by atoms with Crippen LogP contribution < -0.4 is 4.74 Å². The third-order valence-electron chi connectivity index (χ3n) is 4.27. The summed E-state index contributed by atoms with van der Waals surface area (Å²) in [5, 5.41) is 10.6. The van der Waals surface area contributed by atoms with Crippen molar-refractivity contribution in [3.05, 3.63) is 102 Å². The van der Waals surface area contributed by atoms with Crippen LogP contribution in [0.15, 0.2) is 84.9 Å². The maximum Gasteiger partial charge on any atom is 0.120 e. The summed E-state index contributed by atoms with van der Waals surface area (Å²) in [6.45, 7) is 1.90. The average molecular weight is 347 g/mol. The van der Waals surface area contributed by atoms with Gasteiger partial charge in [0.2, 0.25) is 0 Å². The predicted octanol–water partition coefficient (Wildman–Crippen LogP) is 4.43. The first-order valence-corrected chi connectivity index (χ1v) is 8.88. The fraction of sp³-hybridized carbons (Fsp3) is 0.217. The van der Waals surface area contributed by atoms with Crippen LogP contribution in [0, 0.1) is 0 Å². The molecular formula is C23H25NO2. The molecule has 0 spiro atoms. The lowest BCUT2D eigenvalue weighted by Gasteiger charge is -2.21. The molecule has 0 aliphatic rings. The van der Waals surface area contributed by atoms with E-state index in [0.29, 0.717) is 13.2 Å². The molecular weight excluding hydrogens is 322 g/mol. The molecule has 3 heteroatoms. The predicted molar refractivity (Wildman–Crippen MR) is 105 cm³/mol. The van der Waals surface area contributed by atoms with Crippen LogP contribution in [0.5, 0.6) is 5.75 Å². The maximum absolute atomic E-state index is 10.6. The fourth-order valence-corrected chi connectivity index (χ4v) is 2.91. The van der Waals surface area contributed by atoms with Gasteiger partial charge in [-0.25, -0.2) is 0 Å². The molecule has 1 N–H and O–H groups in total. The van der Waals surface area contributed by atoms with Gasteiger partial charge in [-0.15, -0.1) is 0 Å². The summed E-state index contributed by atoms with van der Waals surface area (Å²) >= 11 is 0. The van der Waals surface area contributed by atoms with E-state index in [2.05, 4.69) is 17.0 Å². The summed E-state index contributed by atoms with van der Waals surface area (Å²) < 4.78 is 5.86. The van der Waals surface area contributed by atoms with Crippen molar-refractivity contribution in [3.8, 4) is 5.75 Å². The van der Waals surface area contributed by atoms with E-state index in [1.54, 1.807) is 0 Å². The van der Waals surface area contributed by atoms with Gasteiger partial charge in [0, 0.05) is 13.1 Å². The molecule has 0 heterocycles. The summed E-state index contributed by atoms with van der Waals surface area (Å²) in [6.07, 6.45) is -0.552. The molecule has 0 saturated carbocycles. The minimum absolute atomic E-state index is 0.522. The van der Waals surface area contributed by atoms with Crippen LogP contribution in [0.25, 0.3) is 0 Å². The first kappa shape index (κ1) is 18.2. The van der Waals surface area contributed by atoms with E-state index in [0.717, 1.165) is 23.4 Å². The standard InChI is InChI=1S/C23H25NO2/c1-24(16-19-9-4-2-5-10-19)17-23(25)21-13-8-14-22(15-21)26-18-20-11-6-3-7-12-20/h2-15,23,25H,16-18H2,1H3/t23-/m0/s1. The van der Waals surface area contributed by atoms with Crippen molar-refractivity contribution in [2.24, 2.45) is 0 Å². The Morgan fingerprint density at radius 2 is 1.50 bits per heavy atom. The van der Waals surface area contributed by atoms with Gasteiger partial charge in [0.05, 0.1) is 6.10 Å². The Morgan fingerprint density at radius 3 is 2.19 bits per heavy atom. The smallest absolute Gasteiger partial charge is 0.120 e. The lowest BCUT2D eigenvalue weighted by molar-refractivity contribution is 0.123. The molecule has 0 unspecified atom stereocenters. The van der Waals surface area contributed by atoms with Crippen molar-refractivity contribution in [1.29, 1.82) is 0 Å². The zero-order valence-corrected chi connectivity index (χ0v) is 15.1. The quantitative estimate of drug-likeness (QED) is 0.654. The van der Waals surface area contributed by atoms with Gasteiger partial charge in [-0.3, -0.25) is 4.90 Å². The summed E-state index contributed by atoms with van der Waals surface area (Å²) in [5.74, 6) is 0.774. The van der Waals surface area contributed by atoms with Gasteiger partial charge in [0.15, 0.2) is 0 Å². The van der Waals surface area contributed by atoms with Gasteiger partial charge >= 0.3 is 0 Å². The first-order valence-electron chi connectivity index (χ1n) is 8.88. The van der Waals surface area contributed by atoms with E-state index in [9.17, 15) is 5.11 Å². The number of nitrogens with zero attached hydrogens (tertiary/aromatic N) is 1. The van der Waals surface area contributed by atoms with E-state index >= 15 is 0 Å². The Balaban J connectivity index is 1.56. The second-order valence-corrected chi connectivity index (χ2v) is 6.54. The minimum Gasteiger partial charge on any atom is -0.489 e. The second-order valence-electron chi connectivity index (χ2n) is 6.54. The van der Waals surface area contributed by atoms with Crippen molar-refractivity contribution in [2.75, 3.05) is 13.6 Å². The molecule has 0 bridgehead atoms. The number of likely N-dealkylation sites (N-methyl/N-ethyl adjacent to an activating group) is 1. The molecule has 0 amide bonds. The SMILES string of the molecule is CN(Cc1ccccc1)C[C@H](O)c1cccc(OCc2ccccc2)c1. The molecule has 3 aromatic carbocycles. The van der Waals surface area contributed by atoms with E-state index in [-0.39, 0.29) is 0 Å². The monoisotopic (exact) mass is 347 g/mol. The molecule has 0 aliphatic heterocycles. The molecule has 3 aromatic rings. The van der Waals surface area contributed by atoms with Gasteiger partial charge in [0.1, 0.15) is 12.4 Å². The summed E-state index contributed by atoms with van der Waals surface area (Å²) in [6, 6.07) is 28.1. The molecule has 3 nitrogen and oxygen atoms in total. The maximum atomic E-state index is 10.6. The van der Waals surface area contributed by atoms with Crippen molar-refractivity contribution in [3.63, 3.8) is 0 Å². The molecule has 26 heavy (non-hydrogen) atoms. The van der Waals surface area contributed by atoms with Gasteiger partial charge in [-0.1, -0.05) is 72.8 Å². The normalized spacial score (nSPS) is 12.1. The number of hydrogen-bond donors (Lipinski definition) is 1. The number of aliphatic hydroxyl groups is 1. The van der Waals surface area contributed by atoms with Crippen LogP contribution in [0.2, 0.25) is 0 Å². The topological polar surface area (TPSA) is 32.7 Å². The average Bonchev–Trinajstić information content (AvgIpc) is 2.68. The zero-order chi connectivity index (χ0) is 18.2. The Morgan fingerprint density at radius 1 is 0.846 bits per heavy atom. The Labute approximate surface area is 155 Å². The highest BCUT2D eigenvalue weighted by Gasteiger charge is 2.12. The molecule has 0 fully saturated rings. The number of ether oxygens (including phenoxy) is 1. The molecule has 0 aliphatic carbocycles. The molecule has 0 radical (unpaired) electrons. The Bertz CT molecular complexity index is 790. The number of rotatable bonds is 8. The number of aliphatic hydroxyl groups excluding tert-OH is 1. The number of benzene rings is 3. The van der Waals surface area contributed by atoms with Crippen LogP contribution in [0.4, 0.5) is 0 Å². The summed E-state index contributed by atoms with van der Waals surface area (Å²) in [5.41, 5.74) is 3.23. The van der Waals surface area contributed by atoms with Crippen LogP contribution >= 0.6 is 0 Å². The summed E-state index contributed by atoms with van der Waals surface area (Å²) in [4.78, 5) is 2.12. The van der Waals surface area contributed by atoms with E-state index < -0.39 is 6.10 Å². The third-order valence-corrected chi connectivity index (χ3v) is 4.27. The van der Waals surface area contributed by atoms with E-state index in [4.69, 9.17) is 4.74 Å². The lowest BCUT2D eigenvalue weighted by atomic mass is 10.1. The second kappa shape index (κ2) is 9.18. The fourth-order valence-electron chi connectivity index (χ4n) is 2.91. The van der Waals surface area contributed by atoms with Gasteiger partial charge in [0.25, 0.3) is 0 Å². The highest BCUT2D eigenvalue weighted by molar-refractivity contribution is 5.30. The number of hydrogen-bond acceptors (Lipinski definition) is 3. The van der Waals surface area contributed by atoms with Gasteiger partial charge in [-0.2, -0.15) is 0 Å². The summed E-state index contributed by atoms with van der Waals surface area (Å²) in [7, 11) is 2.02. The zero-order valence-electron chi connectivity index (χ0n) is 15.1. The molecule has 0 saturated heterocycles. The van der Waals surface area contributed by atoms with Gasteiger partial charge in [-0.05, 0) is 35.9 Å². The molecule has 134 valence electrons. The van der Waals surface area contributed by atoms with Crippen molar-refractivity contribution < 1.29 is 9.84 Å².